The number of H-pyrrole nitrogens is 1. The highest BCUT2D eigenvalue weighted by molar-refractivity contribution is 7.89. The monoisotopic (exact) mass is 635 g/mol. The molecule has 4 aromatic rings. The average Bonchev–Trinajstić information content (AvgIpc) is 3.56. The predicted octanol–water partition coefficient (Wildman–Crippen LogP) is 3.77. The van der Waals surface area contributed by atoms with E-state index in [4.69, 9.17) is 4.98 Å². The zero-order valence-corrected chi connectivity index (χ0v) is 27.5. The van der Waals surface area contributed by atoms with Crippen molar-refractivity contribution < 1.29 is 8.42 Å². The summed E-state index contributed by atoms with van der Waals surface area (Å²) in [6, 6.07) is 11.5. The molecule has 2 saturated carbocycles. The molecule has 11 nitrogen and oxygen atoms in total. The zero-order valence-electron chi connectivity index (χ0n) is 26.7. The van der Waals surface area contributed by atoms with Crippen LogP contribution in [0.1, 0.15) is 64.1 Å². The standard InChI is InChI=1S/C33H45N7O4S/c1-5-17-39-31-29(32(41)40(18-6-2)33(39)42)36-30(37-31)23-19-21-13-14-22(20-23)28(21)34-15-16-35-45(43,44)27-12-8-9-24-25(27)10-7-11-26(24)38(3)4/h7-12,21-23,28,34-35H,5-6,13-20H2,1-4H3,(H,36,37). The first-order valence-corrected chi connectivity index (χ1v) is 17.8. The molecule has 242 valence electrons. The molecule has 0 amide bonds. The van der Waals surface area contributed by atoms with Gasteiger partial charge >= 0.3 is 5.69 Å². The van der Waals surface area contributed by atoms with Crippen LogP contribution < -0.4 is 26.2 Å². The number of sulfonamides is 1. The van der Waals surface area contributed by atoms with Crippen LogP contribution in [0.15, 0.2) is 50.9 Å². The minimum Gasteiger partial charge on any atom is -0.377 e. The molecule has 0 radical (unpaired) electrons. The number of nitrogens with one attached hydrogen (secondary N) is 3. The van der Waals surface area contributed by atoms with Crippen LogP contribution in [0.2, 0.25) is 0 Å². The SMILES string of the molecule is CCCn1c(=O)c2[nH]c(C3CC4CCC(C3)C4NCCNS(=O)(=O)c3cccc4c(N(C)C)cccc34)nc2n(CCC)c1=O. The number of fused-ring (bicyclic) bond motifs is 4. The van der Waals surface area contributed by atoms with Gasteiger partial charge in [0.05, 0.1) is 4.90 Å². The van der Waals surface area contributed by atoms with Gasteiger partial charge < -0.3 is 15.2 Å². The lowest BCUT2D eigenvalue weighted by Crippen LogP contribution is -2.44. The Labute approximate surface area is 264 Å². The number of hydrogen-bond acceptors (Lipinski definition) is 7. The van der Waals surface area contributed by atoms with Gasteiger partial charge in [0.2, 0.25) is 10.0 Å². The number of rotatable bonds is 12. The second-order valence-electron chi connectivity index (χ2n) is 12.9. The lowest BCUT2D eigenvalue weighted by atomic mass is 9.77. The second-order valence-corrected chi connectivity index (χ2v) is 14.6. The van der Waals surface area contributed by atoms with Gasteiger partial charge in [-0.25, -0.2) is 22.9 Å². The van der Waals surface area contributed by atoms with E-state index in [2.05, 4.69) is 15.0 Å². The first-order chi connectivity index (χ1) is 21.6. The first kappa shape index (κ1) is 31.5. The molecule has 0 aliphatic heterocycles. The van der Waals surface area contributed by atoms with Gasteiger partial charge in [0, 0.05) is 68.7 Å². The lowest BCUT2D eigenvalue weighted by molar-refractivity contribution is 0.229. The number of anilines is 1. The van der Waals surface area contributed by atoms with Gasteiger partial charge in [-0.15, -0.1) is 0 Å². The third-order valence-electron chi connectivity index (χ3n) is 9.69. The Morgan fingerprint density at radius 3 is 2.29 bits per heavy atom. The van der Waals surface area contributed by atoms with Gasteiger partial charge in [0.15, 0.2) is 5.65 Å². The van der Waals surface area contributed by atoms with Crippen molar-refractivity contribution in [3.05, 3.63) is 63.1 Å². The molecule has 0 saturated heterocycles. The van der Waals surface area contributed by atoms with Crippen LogP contribution in [0.4, 0.5) is 5.69 Å². The Bertz CT molecular complexity index is 1910. The van der Waals surface area contributed by atoms with Crippen LogP contribution in [-0.2, 0) is 23.1 Å². The molecular weight excluding hydrogens is 590 g/mol. The molecule has 2 atom stereocenters. The smallest absolute Gasteiger partial charge is 0.332 e. The number of hydrogen-bond donors (Lipinski definition) is 3. The maximum Gasteiger partial charge on any atom is 0.332 e. The second kappa shape index (κ2) is 12.7. The number of aryl methyl sites for hydroxylation is 1. The van der Waals surface area contributed by atoms with Gasteiger partial charge in [-0.3, -0.25) is 13.9 Å². The Hall–Kier alpha value is -3.48. The van der Waals surface area contributed by atoms with E-state index in [1.54, 1.807) is 16.7 Å². The highest BCUT2D eigenvalue weighted by Gasteiger charge is 2.43. The van der Waals surface area contributed by atoms with E-state index in [0.29, 0.717) is 71.9 Å². The Balaban J connectivity index is 1.12. The van der Waals surface area contributed by atoms with Crippen molar-refractivity contribution in [3.63, 3.8) is 0 Å². The number of aromatic nitrogens is 4. The summed E-state index contributed by atoms with van der Waals surface area (Å²) >= 11 is 0. The minimum absolute atomic E-state index is 0.189. The van der Waals surface area contributed by atoms with Gasteiger partial charge in [-0.2, -0.15) is 0 Å². The summed E-state index contributed by atoms with van der Waals surface area (Å²) in [5.74, 6) is 1.87. The van der Waals surface area contributed by atoms with Crippen molar-refractivity contribution in [3.8, 4) is 0 Å². The van der Waals surface area contributed by atoms with Crippen molar-refractivity contribution in [1.29, 1.82) is 0 Å². The summed E-state index contributed by atoms with van der Waals surface area (Å²) in [7, 11) is 0.209. The first-order valence-electron chi connectivity index (χ1n) is 16.3. The van der Waals surface area contributed by atoms with Crippen LogP contribution >= 0.6 is 0 Å². The maximum atomic E-state index is 13.4. The van der Waals surface area contributed by atoms with E-state index < -0.39 is 10.0 Å². The fourth-order valence-corrected chi connectivity index (χ4v) is 8.95. The van der Waals surface area contributed by atoms with E-state index in [1.165, 1.54) is 4.57 Å². The number of aromatic amines is 1. The molecular formula is C33H45N7O4S. The van der Waals surface area contributed by atoms with Crippen molar-refractivity contribution in [2.75, 3.05) is 32.1 Å². The predicted molar refractivity (Wildman–Crippen MR) is 179 cm³/mol. The van der Waals surface area contributed by atoms with Crippen LogP contribution in [-0.4, -0.2) is 60.7 Å². The fraction of sp³-hybridized carbons (Fsp3) is 0.545. The molecule has 3 N–H and O–H groups in total. The van der Waals surface area contributed by atoms with E-state index in [1.807, 2.05) is 57.1 Å². The quantitative estimate of drug-likeness (QED) is 0.202. The van der Waals surface area contributed by atoms with E-state index in [0.717, 1.165) is 49.0 Å². The largest absolute Gasteiger partial charge is 0.377 e. The third kappa shape index (κ3) is 5.83. The zero-order chi connectivity index (χ0) is 31.9. The molecule has 2 aromatic carbocycles. The summed E-state index contributed by atoms with van der Waals surface area (Å²) in [5, 5.41) is 5.28. The molecule has 2 aromatic heterocycles. The number of imidazole rings is 1. The molecule has 2 aliphatic carbocycles. The molecule has 2 bridgehead atoms. The molecule has 2 fully saturated rings. The van der Waals surface area contributed by atoms with Gasteiger partial charge in [-0.05, 0) is 62.5 Å². The molecule has 12 heteroatoms. The summed E-state index contributed by atoms with van der Waals surface area (Å²) < 4.78 is 32.5. The summed E-state index contributed by atoms with van der Waals surface area (Å²) in [6.07, 6.45) is 5.57. The van der Waals surface area contributed by atoms with Gasteiger partial charge in [-0.1, -0.05) is 38.1 Å². The summed E-state index contributed by atoms with van der Waals surface area (Å²) in [5.41, 5.74) is 1.31. The Morgan fingerprint density at radius 1 is 0.933 bits per heavy atom. The highest BCUT2D eigenvalue weighted by atomic mass is 32.2. The van der Waals surface area contributed by atoms with E-state index in [9.17, 15) is 18.0 Å². The van der Waals surface area contributed by atoms with Crippen LogP contribution in [0.25, 0.3) is 21.9 Å². The molecule has 2 unspecified atom stereocenters. The third-order valence-corrected chi connectivity index (χ3v) is 11.2. The van der Waals surface area contributed by atoms with Gasteiger partial charge in [0.1, 0.15) is 11.3 Å². The Morgan fingerprint density at radius 2 is 1.60 bits per heavy atom. The Kier molecular flexibility index (Phi) is 8.91. The van der Waals surface area contributed by atoms with Crippen molar-refractivity contribution in [2.45, 2.75) is 82.3 Å². The lowest BCUT2D eigenvalue weighted by Gasteiger charge is -2.35. The minimum atomic E-state index is -3.70. The average molecular weight is 636 g/mol. The van der Waals surface area contributed by atoms with Crippen LogP contribution in [0.5, 0.6) is 0 Å². The van der Waals surface area contributed by atoms with Gasteiger partial charge in [0.25, 0.3) is 5.56 Å². The fourth-order valence-electron chi connectivity index (χ4n) is 7.70. The summed E-state index contributed by atoms with van der Waals surface area (Å²) in [4.78, 5) is 36.8. The number of benzene rings is 2. The van der Waals surface area contributed by atoms with Crippen molar-refractivity contribution >= 4 is 37.6 Å². The van der Waals surface area contributed by atoms with Crippen molar-refractivity contribution in [1.82, 2.24) is 29.1 Å². The van der Waals surface area contributed by atoms with Crippen LogP contribution in [0, 0.1) is 11.8 Å². The van der Waals surface area contributed by atoms with E-state index in [-0.39, 0.29) is 17.2 Å². The topological polar surface area (TPSA) is 134 Å². The number of nitrogens with zero attached hydrogens (tertiary/aromatic N) is 4. The van der Waals surface area contributed by atoms with Crippen LogP contribution in [0.3, 0.4) is 0 Å². The summed E-state index contributed by atoms with van der Waals surface area (Å²) in [6.45, 7) is 5.73. The molecule has 45 heavy (non-hydrogen) atoms. The molecule has 2 aliphatic rings. The van der Waals surface area contributed by atoms with E-state index >= 15 is 0 Å². The normalized spacial score (nSPS) is 21.6. The highest BCUT2D eigenvalue weighted by Crippen LogP contribution is 2.48. The van der Waals surface area contributed by atoms with Crippen molar-refractivity contribution in [2.24, 2.45) is 11.8 Å². The molecule has 6 rings (SSSR count). The molecule has 0 spiro atoms. The maximum absolute atomic E-state index is 13.4. The molecule has 2 heterocycles.